The van der Waals surface area contributed by atoms with Crippen LogP contribution in [0.2, 0.25) is 0 Å². The molecule has 3 N–H and O–H groups in total. The predicted molar refractivity (Wildman–Crippen MR) is 76.5 cm³/mol. The van der Waals surface area contributed by atoms with Crippen LogP contribution in [0.25, 0.3) is 0 Å². The van der Waals surface area contributed by atoms with E-state index >= 15 is 0 Å². The minimum Gasteiger partial charge on any atom is -0.388 e. The van der Waals surface area contributed by atoms with E-state index in [9.17, 15) is 13.2 Å². The first-order chi connectivity index (χ1) is 9.31. The van der Waals surface area contributed by atoms with E-state index in [4.69, 9.17) is 18.0 Å². The lowest BCUT2D eigenvalue weighted by atomic mass is 10.3. The van der Waals surface area contributed by atoms with Crippen molar-refractivity contribution in [3.63, 3.8) is 0 Å². The van der Waals surface area contributed by atoms with Crippen molar-refractivity contribution >= 4 is 33.1 Å². The first-order valence-electron chi connectivity index (χ1n) is 5.84. The van der Waals surface area contributed by atoms with Gasteiger partial charge in [0.2, 0.25) is 15.9 Å². The average molecular weight is 314 g/mol. The van der Waals surface area contributed by atoms with Crippen molar-refractivity contribution in [1.29, 1.82) is 0 Å². The Balaban J connectivity index is 2.18. The minimum absolute atomic E-state index is 0.0279. The zero-order valence-electron chi connectivity index (χ0n) is 10.7. The molecule has 1 aliphatic heterocycles. The molecule has 0 aliphatic carbocycles. The van der Waals surface area contributed by atoms with Crippen LogP contribution in [0.1, 0.15) is 12.1 Å². The lowest BCUT2D eigenvalue weighted by Gasteiger charge is -2.12. The molecule has 0 radical (unpaired) electrons. The molecule has 2 rings (SSSR count). The lowest BCUT2D eigenvalue weighted by molar-refractivity contribution is -0.127. The van der Waals surface area contributed by atoms with E-state index in [0.717, 1.165) is 0 Å². The summed E-state index contributed by atoms with van der Waals surface area (Å²) in [5, 5.41) is 0. The van der Waals surface area contributed by atoms with Gasteiger partial charge in [-0.3, -0.25) is 9.78 Å². The highest BCUT2D eigenvalue weighted by atomic mass is 32.2. The average Bonchev–Trinajstić information content (AvgIpc) is 2.70. The van der Waals surface area contributed by atoms with Crippen LogP contribution in [0.5, 0.6) is 0 Å². The monoisotopic (exact) mass is 314 g/mol. The van der Waals surface area contributed by atoms with Crippen LogP contribution in [0.15, 0.2) is 23.2 Å². The van der Waals surface area contributed by atoms with Crippen molar-refractivity contribution in [1.82, 2.24) is 14.6 Å². The Kier molecular flexibility index (Phi) is 4.02. The summed E-state index contributed by atoms with van der Waals surface area (Å²) in [6, 6.07) is 2.06. The van der Waals surface area contributed by atoms with Crippen LogP contribution in [0.4, 0.5) is 0 Å². The number of carbonyl (C=O) groups is 1. The smallest absolute Gasteiger partial charge is 0.242 e. The van der Waals surface area contributed by atoms with Gasteiger partial charge in [-0.2, -0.15) is 4.72 Å². The van der Waals surface area contributed by atoms with Crippen molar-refractivity contribution in [2.24, 2.45) is 5.73 Å². The van der Waals surface area contributed by atoms with Crippen LogP contribution in [0, 0.1) is 0 Å². The maximum absolute atomic E-state index is 12.1. The molecule has 2 heterocycles. The molecule has 1 amide bonds. The Labute approximate surface area is 122 Å². The van der Waals surface area contributed by atoms with Gasteiger partial charge in [0.25, 0.3) is 0 Å². The molecule has 1 fully saturated rings. The van der Waals surface area contributed by atoms with Gasteiger partial charge in [0, 0.05) is 19.8 Å². The fraction of sp³-hybridized carbons (Fsp3) is 0.364. The van der Waals surface area contributed by atoms with Gasteiger partial charge in [0.05, 0.1) is 5.69 Å². The summed E-state index contributed by atoms with van der Waals surface area (Å²) in [6.45, 7) is 0.532. The third-order valence-corrected chi connectivity index (χ3v) is 4.69. The number of thiocarbonyl (C=S) groups is 1. The number of pyridine rings is 1. The van der Waals surface area contributed by atoms with Crippen molar-refractivity contribution in [3.8, 4) is 0 Å². The van der Waals surface area contributed by atoms with Crippen LogP contribution in [-0.4, -0.2) is 48.8 Å². The van der Waals surface area contributed by atoms with Gasteiger partial charge < -0.3 is 10.6 Å². The highest BCUT2D eigenvalue weighted by Crippen LogP contribution is 2.14. The number of hydrogen-bond acceptors (Lipinski definition) is 5. The second kappa shape index (κ2) is 5.43. The van der Waals surface area contributed by atoms with Crippen LogP contribution >= 0.6 is 12.2 Å². The highest BCUT2D eigenvalue weighted by Gasteiger charge is 2.32. The third-order valence-electron chi connectivity index (χ3n) is 3.02. The van der Waals surface area contributed by atoms with Gasteiger partial charge in [-0.1, -0.05) is 12.2 Å². The minimum atomic E-state index is -3.79. The van der Waals surface area contributed by atoms with E-state index in [1.807, 2.05) is 0 Å². The van der Waals surface area contributed by atoms with Gasteiger partial charge in [-0.25, -0.2) is 8.42 Å². The first kappa shape index (κ1) is 14.8. The van der Waals surface area contributed by atoms with Gasteiger partial charge in [0.1, 0.15) is 15.9 Å². The van der Waals surface area contributed by atoms with E-state index in [0.29, 0.717) is 18.7 Å². The van der Waals surface area contributed by atoms with Crippen LogP contribution in [-0.2, 0) is 14.8 Å². The molecule has 7 nitrogen and oxygen atoms in total. The second-order valence-electron chi connectivity index (χ2n) is 4.47. The number of amides is 1. The summed E-state index contributed by atoms with van der Waals surface area (Å²) < 4.78 is 26.6. The maximum Gasteiger partial charge on any atom is 0.242 e. The molecule has 0 saturated carbocycles. The van der Waals surface area contributed by atoms with E-state index < -0.39 is 16.1 Å². The molecule has 1 unspecified atom stereocenters. The summed E-state index contributed by atoms with van der Waals surface area (Å²) in [4.78, 5) is 17.1. The van der Waals surface area contributed by atoms with Crippen molar-refractivity contribution in [2.75, 3.05) is 13.6 Å². The quantitative estimate of drug-likeness (QED) is 0.707. The molecule has 0 bridgehead atoms. The molecular formula is C11H14N4O3S2. The van der Waals surface area contributed by atoms with Crippen molar-refractivity contribution in [2.45, 2.75) is 17.4 Å². The first-order valence-corrected chi connectivity index (χ1v) is 7.73. The third kappa shape index (κ3) is 2.94. The number of nitrogens with one attached hydrogen (secondary N) is 1. The summed E-state index contributed by atoms with van der Waals surface area (Å²) in [5.41, 5.74) is 5.74. The van der Waals surface area contributed by atoms with Crippen molar-refractivity contribution in [3.05, 3.63) is 24.0 Å². The summed E-state index contributed by atoms with van der Waals surface area (Å²) in [7, 11) is -2.15. The molecule has 1 atom stereocenters. The Morgan fingerprint density at radius 1 is 1.55 bits per heavy atom. The standard InChI is InChI=1S/C11H14N4O3S2/c1-15-5-4-9(11(15)16)14-20(17,18)7-2-3-8(10(12)19)13-6-7/h2-3,6,9,14H,4-5H2,1H3,(H2,12,19). The Morgan fingerprint density at radius 3 is 2.70 bits per heavy atom. The predicted octanol–water partition coefficient (Wildman–Crippen LogP) is -0.775. The van der Waals surface area contributed by atoms with Gasteiger partial charge in [-0.05, 0) is 18.6 Å². The molecule has 0 aromatic carbocycles. The number of nitrogens with two attached hydrogens (primary N) is 1. The largest absolute Gasteiger partial charge is 0.388 e. The topological polar surface area (TPSA) is 105 Å². The number of rotatable bonds is 4. The SMILES string of the molecule is CN1CCC(NS(=O)(=O)c2ccc(C(N)=S)nc2)C1=O. The molecular weight excluding hydrogens is 300 g/mol. The number of likely N-dealkylation sites (N-methyl/N-ethyl adjacent to an activating group) is 1. The molecule has 108 valence electrons. The molecule has 9 heteroatoms. The fourth-order valence-electron chi connectivity index (χ4n) is 1.87. The number of sulfonamides is 1. The lowest BCUT2D eigenvalue weighted by Crippen LogP contribution is -2.40. The molecule has 1 aromatic rings. The Hall–Kier alpha value is -1.58. The molecule has 0 spiro atoms. The number of nitrogens with zero attached hydrogens (tertiary/aromatic N) is 2. The van der Waals surface area contributed by atoms with E-state index in [-0.39, 0.29) is 15.8 Å². The number of likely N-dealkylation sites (tertiary alicyclic amines) is 1. The molecule has 1 aromatic heterocycles. The number of aromatic nitrogens is 1. The number of hydrogen-bond donors (Lipinski definition) is 2. The van der Waals surface area contributed by atoms with E-state index in [1.165, 1.54) is 23.2 Å². The molecule has 1 aliphatic rings. The van der Waals surface area contributed by atoms with Crippen LogP contribution in [0.3, 0.4) is 0 Å². The zero-order valence-corrected chi connectivity index (χ0v) is 12.4. The summed E-state index contributed by atoms with van der Waals surface area (Å²) >= 11 is 4.74. The van der Waals surface area contributed by atoms with Crippen LogP contribution < -0.4 is 10.5 Å². The summed E-state index contributed by atoms with van der Waals surface area (Å²) in [6.07, 6.45) is 1.62. The normalized spacial score (nSPS) is 19.4. The zero-order chi connectivity index (χ0) is 14.9. The Morgan fingerprint density at radius 2 is 2.25 bits per heavy atom. The van der Waals surface area contributed by atoms with E-state index in [1.54, 1.807) is 7.05 Å². The second-order valence-corrected chi connectivity index (χ2v) is 6.62. The molecule has 20 heavy (non-hydrogen) atoms. The maximum atomic E-state index is 12.1. The summed E-state index contributed by atoms with van der Waals surface area (Å²) in [5.74, 6) is -0.235. The van der Waals surface area contributed by atoms with Gasteiger partial charge in [-0.15, -0.1) is 0 Å². The Bertz CT molecular complexity index is 642. The highest BCUT2D eigenvalue weighted by molar-refractivity contribution is 7.89. The van der Waals surface area contributed by atoms with Gasteiger partial charge in [0.15, 0.2) is 0 Å². The van der Waals surface area contributed by atoms with E-state index in [2.05, 4.69) is 9.71 Å². The van der Waals surface area contributed by atoms with Crippen molar-refractivity contribution < 1.29 is 13.2 Å². The number of carbonyl (C=O) groups excluding carboxylic acids is 1. The van der Waals surface area contributed by atoms with Gasteiger partial charge >= 0.3 is 0 Å². The fourth-order valence-corrected chi connectivity index (χ4v) is 3.16. The molecule has 1 saturated heterocycles.